The van der Waals surface area contributed by atoms with Gasteiger partial charge in [-0.2, -0.15) is 0 Å². The molecule has 2 heterocycles. The van der Waals surface area contributed by atoms with Gasteiger partial charge in [0.05, 0.1) is 17.1 Å². The van der Waals surface area contributed by atoms with Crippen molar-refractivity contribution < 1.29 is 29.3 Å². The topological polar surface area (TPSA) is 93.1 Å². The normalized spacial score (nSPS) is 36.9. The third-order valence-electron chi connectivity index (χ3n) is 8.74. The molecular formula is C27H32O6. The fourth-order valence-corrected chi connectivity index (χ4v) is 6.77. The van der Waals surface area contributed by atoms with E-state index in [2.05, 4.69) is 13.8 Å². The summed E-state index contributed by atoms with van der Waals surface area (Å²) in [5, 5.41) is 22.0. The number of allylic oxidation sites excluding steroid dienone is 1. The number of hydrogen-bond donors (Lipinski definition) is 2. The average Bonchev–Trinajstić information content (AvgIpc) is 3.32. The lowest BCUT2D eigenvalue weighted by Gasteiger charge is -2.57. The smallest absolute Gasteiger partial charge is 0.338 e. The zero-order valence-corrected chi connectivity index (χ0v) is 19.5. The monoisotopic (exact) mass is 452 g/mol. The Morgan fingerprint density at radius 2 is 1.91 bits per heavy atom. The molecule has 5 atom stereocenters. The summed E-state index contributed by atoms with van der Waals surface area (Å²) in [4.78, 5) is 25.0. The van der Waals surface area contributed by atoms with Crippen molar-refractivity contribution >= 4 is 11.9 Å². The lowest BCUT2D eigenvalue weighted by atomic mass is 9.52. The molecule has 1 saturated heterocycles. The van der Waals surface area contributed by atoms with E-state index in [0.717, 1.165) is 17.6 Å². The molecule has 2 aliphatic heterocycles. The van der Waals surface area contributed by atoms with Crippen LogP contribution < -0.4 is 0 Å². The standard InChI is InChI=1S/C27H32O6/c1-16(2)19-9-10-26(24(29)30)12-11-25(3)20(22(19)26)13-21-18(14-27(25,31)33-21)15-32-23(28)17-7-5-4-6-8-17/h4-8,14,16,20-21,31H,9-13,15H2,1-3H3,(H,29,30)/t20-,21?,25-,26+,27-/m1/s1. The van der Waals surface area contributed by atoms with Crippen molar-refractivity contribution in [1.82, 2.24) is 0 Å². The van der Waals surface area contributed by atoms with E-state index in [4.69, 9.17) is 9.47 Å². The summed E-state index contributed by atoms with van der Waals surface area (Å²) in [6.45, 7) is 6.32. The molecule has 0 spiro atoms. The Balaban J connectivity index is 1.46. The molecule has 0 amide bonds. The SMILES string of the molecule is CC(C)C1=C2[C@H]3CC4O[C@](O)(C=C4COC(=O)c4ccccc4)[C@]3(C)CC[C@@]2(C(=O)O)CC1. The number of aliphatic hydroxyl groups is 1. The summed E-state index contributed by atoms with van der Waals surface area (Å²) >= 11 is 0. The second-order valence-electron chi connectivity index (χ2n) is 10.7. The van der Waals surface area contributed by atoms with Gasteiger partial charge < -0.3 is 19.7 Å². The number of benzene rings is 1. The zero-order chi connectivity index (χ0) is 23.6. The number of rotatable bonds is 5. The first-order valence-corrected chi connectivity index (χ1v) is 11.9. The number of carbonyl (C=O) groups excluding carboxylic acids is 1. The van der Waals surface area contributed by atoms with Gasteiger partial charge >= 0.3 is 11.9 Å². The van der Waals surface area contributed by atoms with E-state index in [1.165, 1.54) is 5.57 Å². The predicted molar refractivity (Wildman–Crippen MR) is 121 cm³/mol. The molecule has 6 nitrogen and oxygen atoms in total. The minimum absolute atomic E-state index is 0.0453. The minimum Gasteiger partial charge on any atom is -0.481 e. The summed E-state index contributed by atoms with van der Waals surface area (Å²) < 4.78 is 11.7. The Bertz CT molecular complexity index is 1060. The highest BCUT2D eigenvalue weighted by Gasteiger charge is 2.67. The molecule has 4 aliphatic rings. The zero-order valence-electron chi connectivity index (χ0n) is 19.5. The molecule has 1 aromatic carbocycles. The second kappa shape index (κ2) is 7.54. The van der Waals surface area contributed by atoms with Gasteiger partial charge in [-0.3, -0.25) is 4.79 Å². The van der Waals surface area contributed by atoms with Crippen LogP contribution in [0.25, 0.3) is 0 Å². The van der Waals surface area contributed by atoms with E-state index in [-0.39, 0.29) is 18.4 Å². The summed E-state index contributed by atoms with van der Waals surface area (Å²) in [7, 11) is 0. The maximum absolute atomic E-state index is 12.5. The third-order valence-corrected chi connectivity index (χ3v) is 8.74. The number of ether oxygens (including phenoxy) is 2. The molecule has 176 valence electrons. The molecule has 5 rings (SSSR count). The number of aliphatic carboxylic acids is 1. The van der Waals surface area contributed by atoms with Crippen molar-refractivity contribution in [2.75, 3.05) is 6.61 Å². The Hall–Kier alpha value is -2.44. The van der Waals surface area contributed by atoms with Gasteiger partial charge in [0.15, 0.2) is 5.79 Å². The van der Waals surface area contributed by atoms with E-state index in [1.807, 2.05) is 13.0 Å². The summed E-state index contributed by atoms with van der Waals surface area (Å²) in [6, 6.07) is 8.81. The molecular weight excluding hydrogens is 420 g/mol. The third kappa shape index (κ3) is 3.14. The summed E-state index contributed by atoms with van der Waals surface area (Å²) in [5.74, 6) is -2.50. The maximum Gasteiger partial charge on any atom is 0.338 e. The highest BCUT2D eigenvalue weighted by molar-refractivity contribution is 5.89. The van der Waals surface area contributed by atoms with Crippen molar-refractivity contribution in [1.29, 1.82) is 0 Å². The van der Waals surface area contributed by atoms with Gasteiger partial charge in [-0.05, 0) is 73.3 Å². The van der Waals surface area contributed by atoms with Crippen LogP contribution in [0.3, 0.4) is 0 Å². The van der Waals surface area contributed by atoms with Crippen LogP contribution in [0.5, 0.6) is 0 Å². The van der Waals surface area contributed by atoms with E-state index in [1.54, 1.807) is 30.3 Å². The quantitative estimate of drug-likeness (QED) is 0.505. The fraction of sp³-hybridized carbons (Fsp3) is 0.556. The molecule has 1 unspecified atom stereocenters. The molecule has 1 saturated carbocycles. The van der Waals surface area contributed by atoms with Crippen molar-refractivity contribution in [3.8, 4) is 0 Å². The number of carboxylic acid groups (broad SMARTS) is 1. The van der Waals surface area contributed by atoms with Crippen LogP contribution in [0.4, 0.5) is 0 Å². The van der Waals surface area contributed by atoms with Crippen LogP contribution in [0, 0.1) is 22.7 Å². The highest BCUT2D eigenvalue weighted by atomic mass is 16.6. The van der Waals surface area contributed by atoms with Gasteiger partial charge in [0.25, 0.3) is 0 Å². The van der Waals surface area contributed by atoms with Gasteiger partial charge in [0.2, 0.25) is 0 Å². The lowest BCUT2D eigenvalue weighted by molar-refractivity contribution is -0.288. The lowest BCUT2D eigenvalue weighted by Crippen LogP contribution is -2.59. The van der Waals surface area contributed by atoms with E-state index < -0.39 is 34.7 Å². The molecule has 0 radical (unpaired) electrons. The Morgan fingerprint density at radius 3 is 2.58 bits per heavy atom. The van der Waals surface area contributed by atoms with E-state index in [9.17, 15) is 19.8 Å². The second-order valence-corrected chi connectivity index (χ2v) is 10.7. The molecule has 2 N–H and O–H groups in total. The van der Waals surface area contributed by atoms with Crippen molar-refractivity contribution in [3.05, 3.63) is 58.7 Å². The highest BCUT2D eigenvalue weighted by Crippen LogP contribution is 2.67. The average molecular weight is 453 g/mol. The first-order valence-electron chi connectivity index (χ1n) is 11.9. The minimum atomic E-state index is -1.50. The number of hydrogen-bond acceptors (Lipinski definition) is 5. The van der Waals surface area contributed by atoms with Crippen molar-refractivity contribution in [2.45, 2.75) is 64.8 Å². The van der Waals surface area contributed by atoms with Crippen LogP contribution in [0.2, 0.25) is 0 Å². The van der Waals surface area contributed by atoms with Crippen molar-refractivity contribution in [2.24, 2.45) is 22.7 Å². The Labute approximate surface area is 194 Å². The summed E-state index contributed by atoms with van der Waals surface area (Å²) in [6.07, 6.45) is 4.42. The largest absolute Gasteiger partial charge is 0.481 e. The van der Waals surface area contributed by atoms with E-state index >= 15 is 0 Å². The summed E-state index contributed by atoms with van der Waals surface area (Å²) in [5.41, 5.74) is 2.02. The first kappa shape index (κ1) is 22.4. The van der Waals surface area contributed by atoms with E-state index in [0.29, 0.717) is 31.2 Å². The Morgan fingerprint density at radius 1 is 1.18 bits per heavy atom. The van der Waals surface area contributed by atoms with Gasteiger partial charge in [-0.25, -0.2) is 4.79 Å². The first-order chi connectivity index (χ1) is 15.6. The predicted octanol–water partition coefficient (Wildman–Crippen LogP) is 4.49. The maximum atomic E-state index is 12.5. The molecule has 2 fully saturated rings. The molecule has 2 aliphatic carbocycles. The van der Waals surface area contributed by atoms with Gasteiger partial charge in [0, 0.05) is 5.41 Å². The number of esters is 1. The van der Waals surface area contributed by atoms with Crippen LogP contribution >= 0.6 is 0 Å². The van der Waals surface area contributed by atoms with Crippen LogP contribution in [0.15, 0.2) is 53.1 Å². The van der Waals surface area contributed by atoms with Crippen LogP contribution in [0.1, 0.15) is 63.2 Å². The van der Waals surface area contributed by atoms with Gasteiger partial charge in [0.1, 0.15) is 6.61 Å². The van der Waals surface area contributed by atoms with Crippen molar-refractivity contribution in [3.63, 3.8) is 0 Å². The molecule has 6 heteroatoms. The fourth-order valence-electron chi connectivity index (χ4n) is 6.77. The molecule has 1 aromatic rings. The molecule has 2 bridgehead atoms. The number of fused-ring (bicyclic) bond motifs is 6. The number of carbonyl (C=O) groups is 2. The van der Waals surface area contributed by atoms with Crippen LogP contribution in [-0.4, -0.2) is 40.6 Å². The molecule has 33 heavy (non-hydrogen) atoms. The number of carboxylic acids is 1. The van der Waals surface area contributed by atoms with Crippen LogP contribution in [-0.2, 0) is 14.3 Å². The molecule has 0 aromatic heterocycles. The Kier molecular flexibility index (Phi) is 5.11. The van der Waals surface area contributed by atoms with Gasteiger partial charge in [-0.1, -0.05) is 44.5 Å². The van der Waals surface area contributed by atoms with Gasteiger partial charge in [-0.15, -0.1) is 0 Å².